The van der Waals surface area contributed by atoms with Crippen LogP contribution in [0.4, 0.5) is 0 Å². The molecule has 0 spiro atoms. The number of hydrogen-bond acceptors (Lipinski definition) is 3. The van der Waals surface area contributed by atoms with Crippen LogP contribution >= 0.6 is 11.6 Å². The lowest BCUT2D eigenvalue weighted by Gasteiger charge is -2.22. The first-order valence-electron chi connectivity index (χ1n) is 7.49. The van der Waals surface area contributed by atoms with Crippen molar-refractivity contribution in [2.24, 2.45) is 0 Å². The summed E-state index contributed by atoms with van der Waals surface area (Å²) >= 11 is 6.29. The minimum atomic E-state index is -0.0144. The summed E-state index contributed by atoms with van der Waals surface area (Å²) in [5.41, 5.74) is 1.05. The molecular weight excluding hydrogens is 274 g/mol. The Hall–Kier alpha value is -0.610. The summed E-state index contributed by atoms with van der Waals surface area (Å²) in [6.07, 6.45) is 3.57. The van der Waals surface area contributed by atoms with Gasteiger partial charge in [0.2, 0.25) is 0 Å². The largest absolute Gasteiger partial charge is 0.376 e. The van der Waals surface area contributed by atoms with Crippen LogP contribution in [0, 0.1) is 0 Å². The van der Waals surface area contributed by atoms with E-state index >= 15 is 0 Å². The summed E-state index contributed by atoms with van der Waals surface area (Å²) in [7, 11) is 0. The zero-order chi connectivity index (χ0) is 14.2. The molecule has 1 aromatic rings. The maximum atomic E-state index is 6.29. The number of ether oxygens (including phenoxy) is 2. The van der Waals surface area contributed by atoms with Crippen molar-refractivity contribution in [3.05, 3.63) is 34.9 Å². The molecule has 0 radical (unpaired) electrons. The van der Waals surface area contributed by atoms with Crippen LogP contribution in [0.3, 0.4) is 0 Å². The molecule has 0 aliphatic carbocycles. The summed E-state index contributed by atoms with van der Waals surface area (Å²) in [6.45, 7) is 5.43. The van der Waals surface area contributed by atoms with Gasteiger partial charge in [-0.25, -0.2) is 0 Å². The van der Waals surface area contributed by atoms with Crippen molar-refractivity contribution in [2.75, 3.05) is 26.3 Å². The zero-order valence-corrected chi connectivity index (χ0v) is 12.9. The third-order valence-electron chi connectivity index (χ3n) is 3.52. The van der Waals surface area contributed by atoms with Gasteiger partial charge in [0.15, 0.2) is 0 Å². The Morgan fingerprint density at radius 2 is 2.30 bits per heavy atom. The predicted molar refractivity (Wildman–Crippen MR) is 82.3 cm³/mol. The lowest BCUT2D eigenvalue weighted by Crippen LogP contribution is -2.26. The van der Waals surface area contributed by atoms with Gasteiger partial charge in [-0.05, 0) is 31.9 Å². The second kappa shape index (κ2) is 8.63. The Morgan fingerprint density at radius 3 is 3.00 bits per heavy atom. The second-order valence-electron chi connectivity index (χ2n) is 5.18. The molecule has 1 aliphatic heterocycles. The fourth-order valence-corrected chi connectivity index (χ4v) is 2.66. The van der Waals surface area contributed by atoms with Gasteiger partial charge in [-0.15, -0.1) is 0 Å². The molecular formula is C16H24ClNO2. The van der Waals surface area contributed by atoms with Crippen LogP contribution in [-0.2, 0) is 9.47 Å². The molecule has 20 heavy (non-hydrogen) atoms. The summed E-state index contributed by atoms with van der Waals surface area (Å²) < 4.78 is 11.7. The van der Waals surface area contributed by atoms with E-state index in [4.69, 9.17) is 21.1 Å². The minimum absolute atomic E-state index is 0.0144. The molecule has 1 heterocycles. The van der Waals surface area contributed by atoms with Gasteiger partial charge in [-0.1, -0.05) is 36.7 Å². The van der Waals surface area contributed by atoms with Gasteiger partial charge >= 0.3 is 0 Å². The highest BCUT2D eigenvalue weighted by Gasteiger charge is 2.20. The first-order valence-corrected chi connectivity index (χ1v) is 7.87. The van der Waals surface area contributed by atoms with E-state index in [-0.39, 0.29) is 12.2 Å². The van der Waals surface area contributed by atoms with Crippen LogP contribution < -0.4 is 5.32 Å². The highest BCUT2D eigenvalue weighted by molar-refractivity contribution is 6.31. The zero-order valence-electron chi connectivity index (χ0n) is 12.1. The monoisotopic (exact) mass is 297 g/mol. The van der Waals surface area contributed by atoms with Crippen molar-refractivity contribution in [3.63, 3.8) is 0 Å². The van der Waals surface area contributed by atoms with Crippen molar-refractivity contribution in [2.45, 2.75) is 38.4 Å². The Morgan fingerprint density at radius 1 is 1.45 bits per heavy atom. The molecule has 2 unspecified atom stereocenters. The minimum Gasteiger partial charge on any atom is -0.376 e. The SMILES string of the molecule is CCCNCC(OCC1CCCO1)c1ccccc1Cl. The van der Waals surface area contributed by atoms with Crippen molar-refractivity contribution < 1.29 is 9.47 Å². The molecule has 1 N–H and O–H groups in total. The number of nitrogens with one attached hydrogen (secondary N) is 1. The Bertz CT molecular complexity index is 394. The number of benzene rings is 1. The molecule has 0 saturated carbocycles. The maximum Gasteiger partial charge on any atom is 0.0964 e. The molecule has 0 aromatic heterocycles. The van der Waals surface area contributed by atoms with E-state index in [1.165, 1.54) is 0 Å². The number of rotatable bonds is 8. The summed E-state index contributed by atoms with van der Waals surface area (Å²) in [6, 6.07) is 7.90. The lowest BCUT2D eigenvalue weighted by molar-refractivity contribution is -0.0208. The standard InChI is InChI=1S/C16H24ClNO2/c1-2-9-18-11-16(14-7-3-4-8-15(14)17)20-12-13-6-5-10-19-13/h3-4,7-8,13,16,18H,2,5-6,9-12H2,1H3. The van der Waals surface area contributed by atoms with Crippen LogP contribution in [0.1, 0.15) is 37.9 Å². The van der Waals surface area contributed by atoms with E-state index < -0.39 is 0 Å². The molecule has 0 amide bonds. The van der Waals surface area contributed by atoms with Crippen LogP contribution in [0.5, 0.6) is 0 Å². The van der Waals surface area contributed by atoms with Gasteiger partial charge in [0.05, 0.1) is 18.8 Å². The van der Waals surface area contributed by atoms with Gasteiger partial charge in [0, 0.05) is 23.7 Å². The van der Waals surface area contributed by atoms with Crippen molar-refractivity contribution >= 4 is 11.6 Å². The normalized spacial score (nSPS) is 20.2. The fourth-order valence-electron chi connectivity index (χ4n) is 2.40. The molecule has 0 bridgehead atoms. The van der Waals surface area contributed by atoms with Gasteiger partial charge in [0.25, 0.3) is 0 Å². The molecule has 1 aromatic carbocycles. The van der Waals surface area contributed by atoms with Crippen LogP contribution in [-0.4, -0.2) is 32.4 Å². The van der Waals surface area contributed by atoms with E-state index in [9.17, 15) is 0 Å². The first-order chi connectivity index (χ1) is 9.81. The van der Waals surface area contributed by atoms with E-state index in [1.807, 2.05) is 24.3 Å². The second-order valence-corrected chi connectivity index (χ2v) is 5.59. The smallest absolute Gasteiger partial charge is 0.0964 e. The molecule has 112 valence electrons. The highest BCUT2D eigenvalue weighted by Crippen LogP contribution is 2.26. The van der Waals surface area contributed by atoms with Gasteiger partial charge < -0.3 is 14.8 Å². The highest BCUT2D eigenvalue weighted by atomic mass is 35.5. The van der Waals surface area contributed by atoms with E-state index in [1.54, 1.807) is 0 Å². The summed E-state index contributed by atoms with van der Waals surface area (Å²) in [5, 5.41) is 4.18. The first kappa shape index (κ1) is 15.8. The Balaban J connectivity index is 1.94. The average Bonchev–Trinajstić information content (AvgIpc) is 2.97. The summed E-state index contributed by atoms with van der Waals surface area (Å²) in [5.74, 6) is 0. The predicted octanol–water partition coefficient (Wildman–Crippen LogP) is 3.58. The fraction of sp³-hybridized carbons (Fsp3) is 0.625. The van der Waals surface area contributed by atoms with E-state index in [0.717, 1.165) is 49.5 Å². The van der Waals surface area contributed by atoms with Gasteiger partial charge in [0.1, 0.15) is 0 Å². The van der Waals surface area contributed by atoms with Crippen LogP contribution in [0.2, 0.25) is 5.02 Å². The van der Waals surface area contributed by atoms with Gasteiger partial charge in [-0.3, -0.25) is 0 Å². The molecule has 1 fully saturated rings. The molecule has 3 nitrogen and oxygen atoms in total. The van der Waals surface area contributed by atoms with E-state index in [2.05, 4.69) is 12.2 Å². The number of hydrogen-bond donors (Lipinski definition) is 1. The topological polar surface area (TPSA) is 30.5 Å². The van der Waals surface area contributed by atoms with Crippen LogP contribution in [0.25, 0.3) is 0 Å². The quantitative estimate of drug-likeness (QED) is 0.744. The maximum absolute atomic E-state index is 6.29. The summed E-state index contributed by atoms with van der Waals surface area (Å²) in [4.78, 5) is 0. The molecule has 4 heteroatoms. The van der Waals surface area contributed by atoms with Crippen molar-refractivity contribution in [1.29, 1.82) is 0 Å². The Kier molecular flexibility index (Phi) is 6.80. The third kappa shape index (κ3) is 4.74. The van der Waals surface area contributed by atoms with Gasteiger partial charge in [-0.2, -0.15) is 0 Å². The molecule has 2 atom stereocenters. The molecule has 1 saturated heterocycles. The number of halogens is 1. The third-order valence-corrected chi connectivity index (χ3v) is 3.86. The van der Waals surface area contributed by atoms with Crippen molar-refractivity contribution in [3.8, 4) is 0 Å². The van der Waals surface area contributed by atoms with Crippen molar-refractivity contribution in [1.82, 2.24) is 5.32 Å². The van der Waals surface area contributed by atoms with E-state index in [0.29, 0.717) is 6.61 Å². The molecule has 1 aliphatic rings. The Labute approximate surface area is 126 Å². The van der Waals surface area contributed by atoms with Crippen LogP contribution in [0.15, 0.2) is 24.3 Å². The lowest BCUT2D eigenvalue weighted by atomic mass is 10.1. The molecule has 2 rings (SSSR count). The average molecular weight is 298 g/mol.